The van der Waals surface area contributed by atoms with Crippen LogP contribution >= 0.6 is 0 Å². The van der Waals surface area contributed by atoms with Crippen molar-refractivity contribution in [2.45, 2.75) is 120 Å². The standard InChI is InChI=1S/C36H57N9O9/c1-20(2)18-28(36(52)53)45-34(51)27(19-21-12-14-22(46)15-13-21)44-33(50)24-9-4-3-8-23(38)30(47)41-26(11-7-17-40-35-29(39)54-35)32(49)43-25(31(48)42-24)10-5-6-16-37/h3-4,12-15,20,23-29,35,40,46H,5-11,16-19,37-39H2,1-2H3,(H,41,47)(H,42,48)(H,43,49)(H,44,50)(H,45,51)(H,52,53)/b4-3+/t23-,24-,25-,26-,27-,28-,29?,35?/m0/s1. The number of carbonyl (C=O) groups is 6. The van der Waals surface area contributed by atoms with Crippen molar-refractivity contribution in [3.8, 4) is 5.75 Å². The highest BCUT2D eigenvalue weighted by molar-refractivity contribution is 5.96. The van der Waals surface area contributed by atoms with Crippen molar-refractivity contribution in [2.75, 3.05) is 13.1 Å². The first-order chi connectivity index (χ1) is 25.7. The molecule has 5 amide bonds. The van der Waals surface area contributed by atoms with Crippen molar-refractivity contribution in [3.63, 3.8) is 0 Å². The lowest BCUT2D eigenvalue weighted by Gasteiger charge is -2.27. The van der Waals surface area contributed by atoms with E-state index in [1.807, 2.05) is 13.8 Å². The van der Waals surface area contributed by atoms with Crippen molar-refractivity contribution in [3.05, 3.63) is 42.0 Å². The van der Waals surface area contributed by atoms with Crippen molar-refractivity contribution >= 4 is 35.5 Å². The quantitative estimate of drug-likeness (QED) is 0.0453. The molecule has 54 heavy (non-hydrogen) atoms. The summed E-state index contributed by atoms with van der Waals surface area (Å²) in [6.07, 6.45) is 4.42. The van der Waals surface area contributed by atoms with Gasteiger partial charge in [0, 0.05) is 6.42 Å². The Morgan fingerprint density at radius 1 is 0.870 bits per heavy atom. The number of hydrogen-bond acceptors (Lipinski definition) is 12. The summed E-state index contributed by atoms with van der Waals surface area (Å²) in [5.74, 6) is -4.68. The molecule has 0 spiro atoms. The minimum absolute atomic E-state index is 0.0107. The van der Waals surface area contributed by atoms with E-state index >= 15 is 0 Å². The van der Waals surface area contributed by atoms with Crippen LogP contribution < -0.4 is 49.1 Å². The van der Waals surface area contributed by atoms with E-state index in [0.29, 0.717) is 37.9 Å². The highest BCUT2D eigenvalue weighted by Crippen LogP contribution is 2.15. The van der Waals surface area contributed by atoms with Gasteiger partial charge in [0.2, 0.25) is 29.5 Å². The fourth-order valence-corrected chi connectivity index (χ4v) is 5.82. The van der Waals surface area contributed by atoms with Crippen LogP contribution in [0.2, 0.25) is 0 Å². The smallest absolute Gasteiger partial charge is 0.326 e. The third kappa shape index (κ3) is 15.0. The summed E-state index contributed by atoms with van der Waals surface area (Å²) in [4.78, 5) is 80.0. The number of carboxylic acid groups (broad SMARTS) is 1. The molecule has 1 saturated heterocycles. The number of phenolic OH excluding ortho intramolecular Hbond substituents is 1. The Balaban J connectivity index is 1.86. The topological polar surface area (TPSA) is 306 Å². The van der Waals surface area contributed by atoms with E-state index < -0.39 is 78.0 Å². The first kappa shape index (κ1) is 43.8. The third-order valence-corrected chi connectivity index (χ3v) is 8.98. The number of carboxylic acids is 1. The molecule has 18 nitrogen and oxygen atoms in total. The van der Waals surface area contributed by atoms with Gasteiger partial charge >= 0.3 is 5.97 Å². The molecule has 14 N–H and O–H groups in total. The summed E-state index contributed by atoms with van der Waals surface area (Å²) < 4.78 is 5.14. The summed E-state index contributed by atoms with van der Waals surface area (Å²) in [6.45, 7) is 4.42. The van der Waals surface area contributed by atoms with Crippen LogP contribution in [0.4, 0.5) is 0 Å². The van der Waals surface area contributed by atoms with Gasteiger partial charge in [-0.1, -0.05) is 38.1 Å². The van der Waals surface area contributed by atoms with Crippen LogP contribution in [0.1, 0.15) is 70.8 Å². The van der Waals surface area contributed by atoms with Crippen LogP contribution in [-0.4, -0.2) is 108 Å². The van der Waals surface area contributed by atoms with Crippen LogP contribution in [0.15, 0.2) is 36.4 Å². The molecule has 2 unspecified atom stereocenters. The SMILES string of the molecule is CC(C)C[C@H](NC(=O)[C@H](Cc1ccc(O)cc1)NC(=O)[C@@H]1C/C=C/C[C@H](N)C(=O)N[C@@H](CCCNC2OC2N)C(=O)N[C@@H](CCCCN)C(=O)N1)C(=O)O. The average Bonchev–Trinajstić information content (AvgIpc) is 3.83. The number of hydrogen-bond donors (Lipinski definition) is 11. The molecule has 18 heteroatoms. The number of rotatable bonds is 18. The number of amides is 5. The molecule has 300 valence electrons. The van der Waals surface area contributed by atoms with Crippen LogP contribution in [0.3, 0.4) is 0 Å². The van der Waals surface area contributed by atoms with Gasteiger partial charge in [-0.05, 0) is 88.1 Å². The van der Waals surface area contributed by atoms with E-state index in [0.717, 1.165) is 0 Å². The molecule has 0 bridgehead atoms. The molecule has 0 aromatic heterocycles. The Kier molecular flexibility index (Phi) is 17.8. The van der Waals surface area contributed by atoms with Gasteiger partial charge in [0.25, 0.3) is 0 Å². The predicted octanol–water partition coefficient (Wildman–Crippen LogP) is -1.69. The van der Waals surface area contributed by atoms with Crippen molar-refractivity contribution in [1.82, 2.24) is 31.9 Å². The molecule has 1 aromatic carbocycles. The first-order valence-corrected chi connectivity index (χ1v) is 18.5. The fraction of sp³-hybridized carbons (Fsp3) is 0.611. The van der Waals surface area contributed by atoms with Gasteiger partial charge in [0.1, 0.15) is 48.4 Å². The number of nitrogens with one attached hydrogen (secondary N) is 6. The number of aliphatic carboxylic acids is 1. The van der Waals surface area contributed by atoms with Gasteiger partial charge < -0.3 is 58.7 Å². The molecule has 1 aromatic rings. The molecule has 0 aliphatic carbocycles. The minimum Gasteiger partial charge on any atom is -0.508 e. The first-order valence-electron chi connectivity index (χ1n) is 18.5. The lowest BCUT2D eigenvalue weighted by atomic mass is 10.0. The van der Waals surface area contributed by atoms with Crippen molar-refractivity contribution < 1.29 is 43.7 Å². The molecule has 8 atom stereocenters. The maximum atomic E-state index is 13.9. The highest BCUT2D eigenvalue weighted by atomic mass is 16.6. The van der Waals surface area contributed by atoms with E-state index in [1.54, 1.807) is 24.3 Å². The molecule has 2 aliphatic rings. The van der Waals surface area contributed by atoms with E-state index in [4.69, 9.17) is 21.9 Å². The number of nitrogens with two attached hydrogens (primary N) is 3. The van der Waals surface area contributed by atoms with Crippen molar-refractivity contribution in [2.24, 2.45) is 23.1 Å². The summed E-state index contributed by atoms with van der Waals surface area (Å²) in [5.41, 5.74) is 18.0. The lowest BCUT2D eigenvalue weighted by molar-refractivity contribution is -0.142. The Hall–Kier alpha value is -4.62. The van der Waals surface area contributed by atoms with Crippen LogP contribution in [0.25, 0.3) is 0 Å². The van der Waals surface area contributed by atoms with Crippen LogP contribution in [-0.2, 0) is 39.9 Å². The largest absolute Gasteiger partial charge is 0.508 e. The summed E-state index contributed by atoms with van der Waals surface area (Å²) >= 11 is 0. The molecule has 2 aliphatic heterocycles. The minimum atomic E-state index is -1.28. The monoisotopic (exact) mass is 759 g/mol. The van der Waals surface area contributed by atoms with Gasteiger partial charge in [0.15, 0.2) is 0 Å². The number of ether oxygens (including phenoxy) is 1. The summed E-state index contributed by atoms with van der Waals surface area (Å²) in [6, 6.07) is -0.970. The van der Waals surface area contributed by atoms with Gasteiger partial charge in [0.05, 0.1) is 6.04 Å². The molecule has 2 heterocycles. The number of epoxide rings is 1. The normalized spacial score (nSPS) is 25.3. The zero-order valence-corrected chi connectivity index (χ0v) is 30.9. The molecule has 0 saturated carbocycles. The predicted molar refractivity (Wildman–Crippen MR) is 198 cm³/mol. The zero-order valence-electron chi connectivity index (χ0n) is 30.9. The molecule has 1 fully saturated rings. The zero-order chi connectivity index (χ0) is 39.8. The number of carbonyl (C=O) groups excluding carboxylic acids is 5. The van der Waals surface area contributed by atoms with E-state index in [2.05, 4.69) is 31.9 Å². The Morgan fingerprint density at radius 2 is 1.48 bits per heavy atom. The van der Waals surface area contributed by atoms with E-state index in [-0.39, 0.29) is 56.4 Å². The number of benzene rings is 1. The second-order valence-corrected chi connectivity index (χ2v) is 14.1. The Labute approximate surface area is 315 Å². The van der Waals surface area contributed by atoms with Gasteiger partial charge in [-0.2, -0.15) is 0 Å². The van der Waals surface area contributed by atoms with Gasteiger partial charge in [-0.25, -0.2) is 4.79 Å². The fourth-order valence-electron chi connectivity index (χ4n) is 5.82. The average molecular weight is 760 g/mol. The second kappa shape index (κ2) is 21.9. The Bertz CT molecular complexity index is 1460. The maximum Gasteiger partial charge on any atom is 0.326 e. The number of phenols is 1. The molecule has 3 rings (SSSR count). The Morgan fingerprint density at radius 3 is 2.09 bits per heavy atom. The van der Waals surface area contributed by atoms with Crippen molar-refractivity contribution in [1.29, 1.82) is 0 Å². The van der Waals surface area contributed by atoms with Crippen LogP contribution in [0, 0.1) is 5.92 Å². The molecule has 0 radical (unpaired) electrons. The lowest BCUT2D eigenvalue weighted by Crippen LogP contribution is -2.59. The van der Waals surface area contributed by atoms with Gasteiger partial charge in [-0.3, -0.25) is 29.3 Å². The highest BCUT2D eigenvalue weighted by Gasteiger charge is 2.35. The third-order valence-electron chi connectivity index (χ3n) is 8.98. The van der Waals surface area contributed by atoms with E-state index in [1.165, 1.54) is 12.1 Å². The summed E-state index contributed by atoms with van der Waals surface area (Å²) in [7, 11) is 0. The van der Waals surface area contributed by atoms with E-state index in [9.17, 15) is 39.0 Å². The number of aromatic hydroxyl groups is 1. The van der Waals surface area contributed by atoms with Gasteiger partial charge in [-0.15, -0.1) is 0 Å². The second-order valence-electron chi connectivity index (χ2n) is 14.1. The number of unbranched alkanes of at least 4 members (excludes halogenated alkanes) is 1. The van der Waals surface area contributed by atoms with Crippen LogP contribution in [0.5, 0.6) is 5.75 Å². The molecular formula is C36H57N9O9. The maximum absolute atomic E-state index is 13.9. The molecular weight excluding hydrogens is 702 g/mol. The summed E-state index contributed by atoms with van der Waals surface area (Å²) in [5, 5.41) is 36.0.